The van der Waals surface area contributed by atoms with Crippen molar-refractivity contribution in [2.24, 2.45) is 5.92 Å². The van der Waals surface area contributed by atoms with Crippen LogP contribution < -0.4 is 5.32 Å². The Morgan fingerprint density at radius 1 is 1.21 bits per heavy atom. The van der Waals surface area contributed by atoms with Gasteiger partial charge in [0.25, 0.3) is 0 Å². The third-order valence-electron chi connectivity index (χ3n) is 4.68. The Kier molecular flexibility index (Phi) is 6.18. The van der Waals surface area contributed by atoms with Crippen molar-refractivity contribution in [2.75, 3.05) is 25.0 Å². The first-order valence-corrected chi connectivity index (χ1v) is 9.08. The van der Waals surface area contributed by atoms with E-state index in [4.69, 9.17) is 0 Å². The van der Waals surface area contributed by atoms with Crippen LogP contribution in [0, 0.1) is 5.92 Å². The standard InChI is InChI=1S/C18H28N6/c1-2-7-19-18-20-13-17(14-21-18)15-23-10-4-16(5-11-23)6-12-24-9-3-8-22-24/h3,8-9,13-14,16H,2,4-7,10-12,15H2,1H3,(H,19,20,21). The molecule has 2 aromatic heterocycles. The van der Waals surface area contributed by atoms with Gasteiger partial charge in [0.2, 0.25) is 5.95 Å². The zero-order chi connectivity index (χ0) is 16.6. The monoisotopic (exact) mass is 328 g/mol. The molecule has 3 heterocycles. The van der Waals surface area contributed by atoms with Crippen LogP contribution in [0.15, 0.2) is 30.9 Å². The van der Waals surface area contributed by atoms with Gasteiger partial charge in [-0.15, -0.1) is 0 Å². The van der Waals surface area contributed by atoms with Crippen LogP contribution in [-0.4, -0.2) is 44.3 Å². The first kappa shape index (κ1) is 16.9. The largest absolute Gasteiger partial charge is 0.354 e. The van der Waals surface area contributed by atoms with Gasteiger partial charge in [-0.25, -0.2) is 9.97 Å². The van der Waals surface area contributed by atoms with Crippen molar-refractivity contribution in [1.29, 1.82) is 0 Å². The maximum atomic E-state index is 4.40. The molecule has 0 atom stereocenters. The maximum absolute atomic E-state index is 4.40. The highest BCUT2D eigenvalue weighted by Gasteiger charge is 2.19. The molecular formula is C18H28N6. The van der Waals surface area contributed by atoms with Gasteiger partial charge in [0.15, 0.2) is 0 Å². The first-order valence-electron chi connectivity index (χ1n) is 9.08. The molecule has 0 bridgehead atoms. The molecule has 0 saturated carbocycles. The fraction of sp³-hybridized carbons (Fsp3) is 0.611. The van der Waals surface area contributed by atoms with Crippen molar-refractivity contribution >= 4 is 5.95 Å². The van der Waals surface area contributed by atoms with Crippen molar-refractivity contribution in [3.63, 3.8) is 0 Å². The minimum atomic E-state index is 0.734. The lowest BCUT2D eigenvalue weighted by Gasteiger charge is -2.31. The van der Waals surface area contributed by atoms with Crippen molar-refractivity contribution < 1.29 is 0 Å². The second-order valence-corrected chi connectivity index (χ2v) is 6.62. The molecule has 2 aromatic rings. The average Bonchev–Trinajstić information content (AvgIpc) is 3.14. The zero-order valence-corrected chi connectivity index (χ0v) is 14.6. The van der Waals surface area contributed by atoms with Crippen LogP contribution in [0.3, 0.4) is 0 Å². The van der Waals surface area contributed by atoms with Crippen LogP contribution in [-0.2, 0) is 13.1 Å². The molecular weight excluding hydrogens is 300 g/mol. The molecule has 1 aliphatic rings. The van der Waals surface area contributed by atoms with E-state index < -0.39 is 0 Å². The third-order valence-corrected chi connectivity index (χ3v) is 4.68. The number of hydrogen-bond donors (Lipinski definition) is 1. The molecule has 0 spiro atoms. The zero-order valence-electron chi connectivity index (χ0n) is 14.6. The van der Waals surface area contributed by atoms with Crippen LogP contribution >= 0.6 is 0 Å². The van der Waals surface area contributed by atoms with E-state index in [2.05, 4.69) is 32.2 Å². The summed E-state index contributed by atoms with van der Waals surface area (Å²) in [4.78, 5) is 11.3. The summed E-state index contributed by atoms with van der Waals surface area (Å²) in [6, 6.07) is 1.99. The van der Waals surface area contributed by atoms with Gasteiger partial charge in [-0.3, -0.25) is 9.58 Å². The summed E-state index contributed by atoms with van der Waals surface area (Å²) >= 11 is 0. The molecule has 1 aliphatic heterocycles. The number of nitrogens with zero attached hydrogens (tertiary/aromatic N) is 5. The van der Waals surface area contributed by atoms with E-state index in [1.807, 2.05) is 35.5 Å². The number of aryl methyl sites for hydroxylation is 1. The van der Waals surface area contributed by atoms with E-state index in [9.17, 15) is 0 Å². The van der Waals surface area contributed by atoms with Crippen molar-refractivity contribution in [3.05, 3.63) is 36.4 Å². The Balaban J connectivity index is 1.38. The van der Waals surface area contributed by atoms with Gasteiger partial charge in [-0.05, 0) is 50.8 Å². The summed E-state index contributed by atoms with van der Waals surface area (Å²) in [5.41, 5.74) is 1.20. The van der Waals surface area contributed by atoms with Crippen molar-refractivity contribution in [1.82, 2.24) is 24.6 Å². The Labute approximate surface area is 144 Å². The number of piperidine rings is 1. The molecule has 130 valence electrons. The molecule has 24 heavy (non-hydrogen) atoms. The number of anilines is 1. The lowest BCUT2D eigenvalue weighted by Crippen LogP contribution is -2.33. The summed E-state index contributed by atoms with van der Waals surface area (Å²) in [7, 11) is 0. The fourth-order valence-corrected chi connectivity index (χ4v) is 3.20. The van der Waals surface area contributed by atoms with Gasteiger partial charge < -0.3 is 5.32 Å². The topological polar surface area (TPSA) is 58.9 Å². The van der Waals surface area contributed by atoms with Gasteiger partial charge in [0.1, 0.15) is 0 Å². The van der Waals surface area contributed by atoms with Gasteiger partial charge >= 0.3 is 0 Å². The molecule has 0 aliphatic carbocycles. The lowest BCUT2D eigenvalue weighted by atomic mass is 9.93. The summed E-state index contributed by atoms with van der Waals surface area (Å²) in [5.74, 6) is 1.56. The smallest absolute Gasteiger partial charge is 0.222 e. The normalized spacial score (nSPS) is 16.4. The highest BCUT2D eigenvalue weighted by molar-refractivity contribution is 5.24. The Hall–Kier alpha value is -1.95. The van der Waals surface area contributed by atoms with Crippen LogP contribution in [0.1, 0.15) is 38.2 Å². The van der Waals surface area contributed by atoms with E-state index in [1.54, 1.807) is 0 Å². The fourth-order valence-electron chi connectivity index (χ4n) is 3.20. The molecule has 0 radical (unpaired) electrons. The quantitative estimate of drug-likeness (QED) is 0.807. The van der Waals surface area contributed by atoms with Crippen LogP contribution in [0.2, 0.25) is 0 Å². The minimum absolute atomic E-state index is 0.734. The molecule has 0 amide bonds. The minimum Gasteiger partial charge on any atom is -0.354 e. The number of likely N-dealkylation sites (tertiary alicyclic amines) is 1. The molecule has 1 saturated heterocycles. The van der Waals surface area contributed by atoms with E-state index in [-0.39, 0.29) is 0 Å². The Bertz CT molecular complexity index is 572. The van der Waals surface area contributed by atoms with Crippen molar-refractivity contribution in [3.8, 4) is 0 Å². The summed E-state index contributed by atoms with van der Waals surface area (Å²) < 4.78 is 2.04. The number of rotatable bonds is 8. The highest BCUT2D eigenvalue weighted by atomic mass is 15.3. The lowest BCUT2D eigenvalue weighted by molar-refractivity contribution is 0.168. The van der Waals surface area contributed by atoms with Crippen molar-refractivity contribution in [2.45, 2.75) is 45.7 Å². The Morgan fingerprint density at radius 3 is 2.67 bits per heavy atom. The molecule has 1 N–H and O–H groups in total. The van der Waals surface area contributed by atoms with Crippen LogP contribution in [0.4, 0.5) is 5.95 Å². The van der Waals surface area contributed by atoms with Gasteiger partial charge in [0, 0.05) is 50.0 Å². The molecule has 0 unspecified atom stereocenters. The van der Waals surface area contributed by atoms with E-state index >= 15 is 0 Å². The number of hydrogen-bond acceptors (Lipinski definition) is 5. The van der Waals surface area contributed by atoms with E-state index in [0.717, 1.165) is 37.9 Å². The van der Waals surface area contributed by atoms with Crippen LogP contribution in [0.5, 0.6) is 0 Å². The highest BCUT2D eigenvalue weighted by Crippen LogP contribution is 2.22. The van der Waals surface area contributed by atoms with Crippen LogP contribution in [0.25, 0.3) is 0 Å². The molecule has 0 aromatic carbocycles. The average molecular weight is 328 g/mol. The second-order valence-electron chi connectivity index (χ2n) is 6.62. The predicted molar refractivity (Wildman–Crippen MR) is 95.7 cm³/mol. The first-order chi connectivity index (χ1) is 11.8. The second kappa shape index (κ2) is 8.78. The van der Waals surface area contributed by atoms with Gasteiger partial charge in [0.05, 0.1) is 0 Å². The van der Waals surface area contributed by atoms with E-state index in [1.165, 1.54) is 37.9 Å². The molecule has 6 heteroatoms. The SMILES string of the molecule is CCCNc1ncc(CN2CCC(CCn3cccn3)CC2)cn1. The maximum Gasteiger partial charge on any atom is 0.222 e. The Morgan fingerprint density at radius 2 is 2.00 bits per heavy atom. The van der Waals surface area contributed by atoms with Gasteiger partial charge in [-0.2, -0.15) is 5.10 Å². The molecule has 6 nitrogen and oxygen atoms in total. The number of aromatic nitrogens is 4. The van der Waals surface area contributed by atoms with E-state index in [0.29, 0.717) is 0 Å². The molecule has 1 fully saturated rings. The molecule has 3 rings (SSSR count). The summed E-state index contributed by atoms with van der Waals surface area (Å²) in [5, 5.41) is 7.50. The summed E-state index contributed by atoms with van der Waals surface area (Å²) in [6.07, 6.45) is 12.7. The predicted octanol–water partition coefficient (Wildman–Crippen LogP) is 2.80. The summed E-state index contributed by atoms with van der Waals surface area (Å²) in [6.45, 7) is 7.39. The third kappa shape index (κ3) is 5.03. The van der Waals surface area contributed by atoms with Gasteiger partial charge in [-0.1, -0.05) is 6.92 Å². The number of nitrogens with one attached hydrogen (secondary N) is 1.